The lowest BCUT2D eigenvalue weighted by Crippen LogP contribution is -2.38. The molecule has 0 aliphatic heterocycles. The van der Waals surface area contributed by atoms with E-state index in [1.54, 1.807) is 18.2 Å². The van der Waals surface area contributed by atoms with Gasteiger partial charge in [0.2, 0.25) is 0 Å². The lowest BCUT2D eigenvalue weighted by Gasteiger charge is -2.17. The van der Waals surface area contributed by atoms with E-state index in [0.29, 0.717) is 17.7 Å². The standard InChI is InChI=1S/C14H19N3O2/c1-3-12(6-7-18)16-14(19)17-13-8-11(9-15)5-4-10(13)2/h4-5,8,12,18H,3,6-7H2,1-2H3,(H2,16,17,19). The zero-order valence-corrected chi connectivity index (χ0v) is 11.2. The van der Waals surface area contributed by atoms with Crippen LogP contribution >= 0.6 is 0 Å². The van der Waals surface area contributed by atoms with Crippen molar-refractivity contribution in [2.75, 3.05) is 11.9 Å². The number of anilines is 1. The third-order valence-electron chi connectivity index (χ3n) is 2.92. The van der Waals surface area contributed by atoms with Gasteiger partial charge in [0.15, 0.2) is 0 Å². The number of aliphatic hydroxyl groups excluding tert-OH is 1. The molecule has 3 N–H and O–H groups in total. The Morgan fingerprint density at radius 3 is 2.84 bits per heavy atom. The minimum absolute atomic E-state index is 0.0434. The Labute approximate surface area is 113 Å². The molecule has 0 saturated heterocycles. The summed E-state index contributed by atoms with van der Waals surface area (Å²) in [6.07, 6.45) is 1.28. The molecule has 0 saturated carbocycles. The number of carbonyl (C=O) groups is 1. The van der Waals surface area contributed by atoms with Crippen molar-refractivity contribution >= 4 is 11.7 Å². The summed E-state index contributed by atoms with van der Waals surface area (Å²) in [4.78, 5) is 11.8. The van der Waals surface area contributed by atoms with Crippen LogP contribution in [-0.2, 0) is 0 Å². The normalized spacial score (nSPS) is 11.5. The molecule has 0 spiro atoms. The molecule has 1 unspecified atom stereocenters. The Morgan fingerprint density at radius 1 is 1.53 bits per heavy atom. The second-order valence-electron chi connectivity index (χ2n) is 4.36. The fourth-order valence-corrected chi connectivity index (χ4v) is 1.70. The van der Waals surface area contributed by atoms with Gasteiger partial charge in [-0.2, -0.15) is 5.26 Å². The van der Waals surface area contributed by atoms with E-state index in [2.05, 4.69) is 10.6 Å². The summed E-state index contributed by atoms with van der Waals surface area (Å²) in [6, 6.07) is 6.80. The highest BCUT2D eigenvalue weighted by Gasteiger charge is 2.11. The lowest BCUT2D eigenvalue weighted by molar-refractivity contribution is 0.237. The van der Waals surface area contributed by atoms with Crippen LogP contribution in [0.4, 0.5) is 10.5 Å². The van der Waals surface area contributed by atoms with Crippen LogP contribution < -0.4 is 10.6 Å². The average molecular weight is 261 g/mol. The molecule has 1 aromatic rings. The Morgan fingerprint density at radius 2 is 2.26 bits per heavy atom. The number of amides is 2. The first kappa shape index (κ1) is 15.0. The van der Waals surface area contributed by atoms with Crippen LogP contribution in [0.2, 0.25) is 0 Å². The molecular formula is C14H19N3O2. The second-order valence-corrected chi connectivity index (χ2v) is 4.36. The molecule has 0 radical (unpaired) electrons. The Hall–Kier alpha value is -2.06. The van der Waals surface area contributed by atoms with Crippen LogP contribution in [0.1, 0.15) is 30.9 Å². The van der Waals surface area contributed by atoms with E-state index < -0.39 is 0 Å². The van der Waals surface area contributed by atoms with Crippen molar-refractivity contribution in [3.8, 4) is 6.07 Å². The summed E-state index contributed by atoms with van der Waals surface area (Å²) in [6.45, 7) is 3.85. The van der Waals surface area contributed by atoms with E-state index in [0.717, 1.165) is 12.0 Å². The highest BCUT2D eigenvalue weighted by molar-refractivity contribution is 5.90. The number of aryl methyl sites for hydroxylation is 1. The average Bonchev–Trinajstić information content (AvgIpc) is 2.40. The SMILES string of the molecule is CCC(CCO)NC(=O)Nc1cc(C#N)ccc1C. The summed E-state index contributed by atoms with van der Waals surface area (Å²) in [5.41, 5.74) is 2.02. The van der Waals surface area contributed by atoms with Gasteiger partial charge in [-0.15, -0.1) is 0 Å². The number of nitrogens with zero attached hydrogens (tertiary/aromatic N) is 1. The van der Waals surface area contributed by atoms with Gasteiger partial charge in [-0.1, -0.05) is 13.0 Å². The quantitative estimate of drug-likeness (QED) is 0.759. The summed E-state index contributed by atoms with van der Waals surface area (Å²) in [5, 5.41) is 23.2. The van der Waals surface area contributed by atoms with Gasteiger partial charge in [-0.25, -0.2) is 4.79 Å². The summed E-state index contributed by atoms with van der Waals surface area (Å²) >= 11 is 0. The topological polar surface area (TPSA) is 85.2 Å². The Balaban J connectivity index is 2.69. The van der Waals surface area contributed by atoms with Gasteiger partial charge in [0.1, 0.15) is 0 Å². The third kappa shape index (κ3) is 4.60. The predicted molar refractivity (Wildman–Crippen MR) is 73.8 cm³/mol. The Kier molecular flexibility index (Phi) is 5.83. The molecule has 5 heteroatoms. The minimum atomic E-state index is -0.321. The van der Waals surface area contributed by atoms with Crippen LogP contribution in [0.25, 0.3) is 0 Å². The number of nitrogens with one attached hydrogen (secondary N) is 2. The number of rotatable bonds is 5. The first-order valence-corrected chi connectivity index (χ1v) is 6.29. The van der Waals surface area contributed by atoms with E-state index >= 15 is 0 Å². The van der Waals surface area contributed by atoms with Crippen molar-refractivity contribution in [3.63, 3.8) is 0 Å². The molecule has 1 atom stereocenters. The lowest BCUT2D eigenvalue weighted by atomic mass is 10.1. The van der Waals surface area contributed by atoms with E-state index in [1.165, 1.54) is 0 Å². The van der Waals surface area contributed by atoms with Crippen molar-refractivity contribution in [1.82, 2.24) is 5.32 Å². The van der Waals surface area contributed by atoms with Gasteiger partial charge in [0.25, 0.3) is 0 Å². The number of carbonyl (C=O) groups excluding carboxylic acids is 1. The fourth-order valence-electron chi connectivity index (χ4n) is 1.70. The summed E-state index contributed by atoms with van der Waals surface area (Å²) < 4.78 is 0. The third-order valence-corrected chi connectivity index (χ3v) is 2.92. The van der Waals surface area contributed by atoms with E-state index in [4.69, 9.17) is 10.4 Å². The van der Waals surface area contributed by atoms with Crippen molar-refractivity contribution in [1.29, 1.82) is 5.26 Å². The smallest absolute Gasteiger partial charge is 0.319 e. The number of benzene rings is 1. The number of hydrogen-bond acceptors (Lipinski definition) is 3. The molecule has 0 aromatic heterocycles. The molecule has 102 valence electrons. The van der Waals surface area contributed by atoms with Crippen molar-refractivity contribution in [3.05, 3.63) is 29.3 Å². The first-order chi connectivity index (χ1) is 9.10. The maximum atomic E-state index is 11.8. The minimum Gasteiger partial charge on any atom is -0.396 e. The molecule has 0 heterocycles. The monoisotopic (exact) mass is 261 g/mol. The van der Waals surface area contributed by atoms with Crippen LogP contribution in [-0.4, -0.2) is 23.8 Å². The molecule has 0 aliphatic carbocycles. The highest BCUT2D eigenvalue weighted by atomic mass is 16.3. The van der Waals surface area contributed by atoms with Gasteiger partial charge < -0.3 is 15.7 Å². The maximum Gasteiger partial charge on any atom is 0.319 e. The molecular weight excluding hydrogens is 242 g/mol. The number of hydrogen-bond donors (Lipinski definition) is 3. The number of aliphatic hydroxyl groups is 1. The van der Waals surface area contributed by atoms with E-state index in [-0.39, 0.29) is 18.7 Å². The molecule has 0 bridgehead atoms. The van der Waals surface area contributed by atoms with E-state index in [9.17, 15) is 4.79 Å². The second kappa shape index (κ2) is 7.39. The highest BCUT2D eigenvalue weighted by Crippen LogP contribution is 2.16. The number of urea groups is 1. The van der Waals surface area contributed by atoms with Crippen LogP contribution in [0.5, 0.6) is 0 Å². The predicted octanol–water partition coefficient (Wildman–Crippen LogP) is 2.15. The summed E-state index contributed by atoms with van der Waals surface area (Å²) in [7, 11) is 0. The van der Waals surface area contributed by atoms with Crippen LogP contribution in [0.15, 0.2) is 18.2 Å². The van der Waals surface area contributed by atoms with Gasteiger partial charge in [-0.05, 0) is 37.5 Å². The van der Waals surface area contributed by atoms with Gasteiger partial charge in [0, 0.05) is 18.3 Å². The zero-order chi connectivity index (χ0) is 14.3. The molecule has 0 aliphatic rings. The molecule has 1 aromatic carbocycles. The van der Waals surface area contributed by atoms with Crippen molar-refractivity contribution < 1.29 is 9.90 Å². The van der Waals surface area contributed by atoms with Crippen LogP contribution in [0.3, 0.4) is 0 Å². The number of nitriles is 1. The van der Waals surface area contributed by atoms with E-state index in [1.807, 2.05) is 19.9 Å². The zero-order valence-electron chi connectivity index (χ0n) is 11.2. The van der Waals surface area contributed by atoms with Crippen LogP contribution in [0, 0.1) is 18.3 Å². The largest absolute Gasteiger partial charge is 0.396 e. The molecule has 0 fully saturated rings. The molecule has 2 amide bonds. The maximum absolute atomic E-state index is 11.8. The first-order valence-electron chi connectivity index (χ1n) is 6.29. The van der Waals surface area contributed by atoms with Crippen molar-refractivity contribution in [2.24, 2.45) is 0 Å². The fraction of sp³-hybridized carbons (Fsp3) is 0.429. The molecule has 19 heavy (non-hydrogen) atoms. The van der Waals surface area contributed by atoms with Gasteiger partial charge in [0.05, 0.1) is 11.6 Å². The summed E-state index contributed by atoms with van der Waals surface area (Å²) in [5.74, 6) is 0. The molecule has 1 rings (SSSR count). The van der Waals surface area contributed by atoms with Crippen molar-refractivity contribution in [2.45, 2.75) is 32.7 Å². The molecule has 5 nitrogen and oxygen atoms in total. The Bertz CT molecular complexity index is 480. The van der Waals surface area contributed by atoms with Gasteiger partial charge in [-0.3, -0.25) is 0 Å². The van der Waals surface area contributed by atoms with Gasteiger partial charge >= 0.3 is 6.03 Å².